The average Bonchev–Trinajstić information content (AvgIpc) is 2.32. The van der Waals surface area contributed by atoms with Crippen LogP contribution >= 0.6 is 0 Å². The first-order valence-corrected chi connectivity index (χ1v) is 5.75. The first-order chi connectivity index (χ1) is 8.20. The maximum Gasteiger partial charge on any atom is 0.321 e. The zero-order valence-corrected chi connectivity index (χ0v) is 9.81. The van der Waals surface area contributed by atoms with Crippen LogP contribution in [0.1, 0.15) is 24.8 Å². The van der Waals surface area contributed by atoms with E-state index in [1.807, 2.05) is 0 Å². The minimum Gasteiger partial charge on any atom is -0.335 e. The third-order valence-electron chi connectivity index (χ3n) is 3.12. The molecule has 4 heteroatoms. The zero-order valence-electron chi connectivity index (χ0n) is 9.81. The average molecular weight is 229 g/mol. The number of anilines is 1. The van der Waals surface area contributed by atoms with Crippen molar-refractivity contribution in [3.8, 4) is 6.07 Å². The summed E-state index contributed by atoms with van der Waals surface area (Å²) < 4.78 is 0. The van der Waals surface area contributed by atoms with Crippen molar-refractivity contribution >= 4 is 11.7 Å². The number of nitriles is 1. The second-order valence-electron chi connectivity index (χ2n) is 4.30. The number of hydrogen-bond donors (Lipinski definition) is 1. The van der Waals surface area contributed by atoms with Crippen LogP contribution in [-0.2, 0) is 0 Å². The Kier molecular flexibility index (Phi) is 3.29. The molecule has 0 radical (unpaired) electrons. The van der Waals surface area contributed by atoms with Crippen molar-refractivity contribution in [1.29, 1.82) is 5.26 Å². The van der Waals surface area contributed by atoms with Gasteiger partial charge in [0.25, 0.3) is 0 Å². The summed E-state index contributed by atoms with van der Waals surface area (Å²) in [6, 6.07) is 9.28. The van der Waals surface area contributed by atoms with E-state index in [0.29, 0.717) is 11.6 Å². The largest absolute Gasteiger partial charge is 0.335 e. The Morgan fingerprint density at radius 2 is 2.06 bits per heavy atom. The van der Waals surface area contributed by atoms with Gasteiger partial charge < -0.3 is 5.32 Å². The molecular weight excluding hydrogens is 214 g/mol. The molecule has 1 saturated carbocycles. The standard InChI is InChI=1S/C13H15N3O/c1-16(13(17)15-11-3-2-4-11)12-7-5-10(9-14)6-8-12/h5-8,11H,2-4H2,1H3,(H,15,17). The molecule has 0 aromatic heterocycles. The molecule has 17 heavy (non-hydrogen) atoms. The molecule has 0 heterocycles. The fraction of sp³-hybridized carbons (Fsp3) is 0.385. The monoisotopic (exact) mass is 229 g/mol. The molecule has 1 aromatic rings. The number of rotatable bonds is 2. The Balaban J connectivity index is 1.99. The van der Waals surface area contributed by atoms with Crippen molar-refractivity contribution in [3.05, 3.63) is 29.8 Å². The molecule has 88 valence electrons. The third-order valence-corrected chi connectivity index (χ3v) is 3.12. The Morgan fingerprint density at radius 3 is 2.53 bits per heavy atom. The van der Waals surface area contributed by atoms with Crippen LogP contribution in [0.3, 0.4) is 0 Å². The summed E-state index contributed by atoms with van der Waals surface area (Å²) in [5.74, 6) is 0. The van der Waals surface area contributed by atoms with Gasteiger partial charge in [-0.05, 0) is 43.5 Å². The van der Waals surface area contributed by atoms with Crippen LogP contribution in [0.2, 0.25) is 0 Å². The van der Waals surface area contributed by atoms with Gasteiger partial charge in [0.15, 0.2) is 0 Å². The SMILES string of the molecule is CN(C(=O)NC1CCC1)c1ccc(C#N)cc1. The van der Waals surface area contributed by atoms with Crippen LogP contribution < -0.4 is 10.2 Å². The molecule has 4 nitrogen and oxygen atoms in total. The third kappa shape index (κ3) is 2.56. The van der Waals surface area contributed by atoms with Gasteiger partial charge in [0.2, 0.25) is 0 Å². The van der Waals surface area contributed by atoms with Gasteiger partial charge in [-0.25, -0.2) is 4.79 Å². The molecule has 2 amide bonds. The highest BCUT2D eigenvalue weighted by Crippen LogP contribution is 2.19. The quantitative estimate of drug-likeness (QED) is 0.845. The molecule has 1 N–H and O–H groups in total. The summed E-state index contributed by atoms with van der Waals surface area (Å²) in [6.45, 7) is 0. The first kappa shape index (κ1) is 11.5. The van der Waals surface area contributed by atoms with Gasteiger partial charge in [-0.2, -0.15) is 5.26 Å². The Bertz CT molecular complexity index is 443. The van der Waals surface area contributed by atoms with Crippen LogP contribution in [0.25, 0.3) is 0 Å². The lowest BCUT2D eigenvalue weighted by molar-refractivity contribution is 0.235. The topological polar surface area (TPSA) is 56.1 Å². The van der Waals surface area contributed by atoms with Crippen molar-refractivity contribution in [2.45, 2.75) is 25.3 Å². The Morgan fingerprint density at radius 1 is 1.41 bits per heavy atom. The normalized spacial score (nSPS) is 14.6. The second kappa shape index (κ2) is 4.88. The van der Waals surface area contributed by atoms with Crippen molar-refractivity contribution in [2.75, 3.05) is 11.9 Å². The Labute approximate surface area is 101 Å². The van der Waals surface area contributed by atoms with Gasteiger partial charge in [0.05, 0.1) is 11.6 Å². The van der Waals surface area contributed by atoms with E-state index in [0.717, 1.165) is 18.5 Å². The van der Waals surface area contributed by atoms with Crippen molar-refractivity contribution in [1.82, 2.24) is 5.32 Å². The van der Waals surface area contributed by atoms with E-state index in [1.165, 1.54) is 6.42 Å². The van der Waals surface area contributed by atoms with E-state index in [2.05, 4.69) is 11.4 Å². The summed E-state index contributed by atoms with van der Waals surface area (Å²) in [5.41, 5.74) is 1.39. The molecule has 0 aliphatic heterocycles. The lowest BCUT2D eigenvalue weighted by atomic mass is 9.93. The zero-order chi connectivity index (χ0) is 12.3. The highest BCUT2D eigenvalue weighted by Gasteiger charge is 2.21. The van der Waals surface area contributed by atoms with E-state index in [9.17, 15) is 4.79 Å². The summed E-state index contributed by atoms with van der Waals surface area (Å²) >= 11 is 0. The Hall–Kier alpha value is -2.02. The van der Waals surface area contributed by atoms with E-state index in [1.54, 1.807) is 36.2 Å². The predicted molar refractivity (Wildman–Crippen MR) is 65.7 cm³/mol. The van der Waals surface area contributed by atoms with Crippen LogP contribution in [0.5, 0.6) is 0 Å². The second-order valence-corrected chi connectivity index (χ2v) is 4.30. The minimum atomic E-state index is -0.0839. The van der Waals surface area contributed by atoms with Gasteiger partial charge in [-0.15, -0.1) is 0 Å². The van der Waals surface area contributed by atoms with Crippen LogP contribution in [0.15, 0.2) is 24.3 Å². The number of hydrogen-bond acceptors (Lipinski definition) is 2. The van der Waals surface area contributed by atoms with E-state index < -0.39 is 0 Å². The maximum absolute atomic E-state index is 11.9. The van der Waals surface area contributed by atoms with E-state index >= 15 is 0 Å². The lowest BCUT2D eigenvalue weighted by Crippen LogP contribution is -2.46. The highest BCUT2D eigenvalue weighted by molar-refractivity contribution is 5.91. The number of carbonyl (C=O) groups excluding carboxylic acids is 1. The maximum atomic E-state index is 11.9. The molecule has 1 fully saturated rings. The van der Waals surface area contributed by atoms with E-state index in [4.69, 9.17) is 5.26 Å². The number of nitrogens with one attached hydrogen (secondary N) is 1. The summed E-state index contributed by atoms with van der Waals surface area (Å²) in [7, 11) is 1.73. The number of urea groups is 1. The van der Waals surface area contributed by atoms with Gasteiger partial charge in [-0.3, -0.25) is 4.90 Å². The molecule has 1 aliphatic rings. The van der Waals surface area contributed by atoms with Crippen LogP contribution in [-0.4, -0.2) is 19.1 Å². The van der Waals surface area contributed by atoms with Gasteiger partial charge in [0, 0.05) is 18.8 Å². The van der Waals surface area contributed by atoms with Crippen LogP contribution in [0, 0.1) is 11.3 Å². The fourth-order valence-electron chi connectivity index (χ4n) is 1.70. The van der Waals surface area contributed by atoms with Crippen molar-refractivity contribution in [3.63, 3.8) is 0 Å². The molecule has 0 spiro atoms. The molecule has 0 saturated heterocycles. The van der Waals surface area contributed by atoms with Crippen molar-refractivity contribution in [2.24, 2.45) is 0 Å². The predicted octanol–water partition coefficient (Wildman–Crippen LogP) is 2.26. The highest BCUT2D eigenvalue weighted by atomic mass is 16.2. The molecule has 2 rings (SSSR count). The number of amides is 2. The first-order valence-electron chi connectivity index (χ1n) is 5.75. The number of nitrogens with zero attached hydrogens (tertiary/aromatic N) is 2. The molecule has 1 aromatic carbocycles. The molecule has 0 atom stereocenters. The molecule has 1 aliphatic carbocycles. The lowest BCUT2D eigenvalue weighted by Gasteiger charge is -2.29. The van der Waals surface area contributed by atoms with E-state index in [-0.39, 0.29) is 6.03 Å². The molecule has 0 unspecified atom stereocenters. The summed E-state index contributed by atoms with van der Waals surface area (Å²) in [4.78, 5) is 13.4. The number of carbonyl (C=O) groups is 1. The molecular formula is C13H15N3O. The molecule has 0 bridgehead atoms. The summed E-state index contributed by atoms with van der Waals surface area (Å²) in [6.07, 6.45) is 3.35. The minimum absolute atomic E-state index is 0.0839. The van der Waals surface area contributed by atoms with Gasteiger partial charge in [0.1, 0.15) is 0 Å². The van der Waals surface area contributed by atoms with Gasteiger partial charge in [-0.1, -0.05) is 0 Å². The summed E-state index contributed by atoms with van der Waals surface area (Å²) in [5, 5.41) is 11.7. The fourth-order valence-corrected chi connectivity index (χ4v) is 1.70. The number of benzene rings is 1. The van der Waals surface area contributed by atoms with Crippen LogP contribution in [0.4, 0.5) is 10.5 Å². The van der Waals surface area contributed by atoms with Gasteiger partial charge >= 0.3 is 6.03 Å². The van der Waals surface area contributed by atoms with Crippen molar-refractivity contribution < 1.29 is 4.79 Å². The smallest absolute Gasteiger partial charge is 0.321 e.